The number of carbonyl (C=O) groups is 1. The first-order chi connectivity index (χ1) is 14.7. The smallest absolute Gasteiger partial charge is 0.243 e. The van der Waals surface area contributed by atoms with Crippen molar-refractivity contribution in [2.45, 2.75) is 11.4 Å². The zero-order chi connectivity index (χ0) is 22.6. The predicted molar refractivity (Wildman–Crippen MR) is 115 cm³/mol. The van der Waals surface area contributed by atoms with E-state index in [2.05, 4.69) is 5.32 Å². The molecule has 31 heavy (non-hydrogen) atoms. The van der Waals surface area contributed by atoms with E-state index in [1.54, 1.807) is 6.07 Å². The minimum atomic E-state index is -4.14. The van der Waals surface area contributed by atoms with Crippen LogP contribution in [0.1, 0.15) is 5.56 Å². The molecule has 0 aliphatic heterocycles. The minimum Gasteiger partial charge on any atom is -0.320 e. The summed E-state index contributed by atoms with van der Waals surface area (Å²) >= 11 is 12.1. The molecular weight excluding hydrogens is 469 g/mol. The third-order valence-corrected chi connectivity index (χ3v) is 6.68. The van der Waals surface area contributed by atoms with Crippen molar-refractivity contribution in [1.82, 2.24) is 4.31 Å². The maximum Gasteiger partial charge on any atom is 0.243 e. The molecule has 1 amide bonds. The highest BCUT2D eigenvalue weighted by Gasteiger charge is 2.28. The summed E-state index contributed by atoms with van der Waals surface area (Å²) in [5.41, 5.74) is -0.260. The van der Waals surface area contributed by atoms with Gasteiger partial charge in [-0.3, -0.25) is 4.79 Å². The number of nitrogens with zero attached hydrogens (tertiary/aromatic N) is 1. The number of hydrogen-bond donors (Lipinski definition) is 1. The van der Waals surface area contributed by atoms with Crippen LogP contribution in [0.5, 0.6) is 0 Å². The van der Waals surface area contributed by atoms with Crippen LogP contribution in [0.2, 0.25) is 10.0 Å². The quantitative estimate of drug-likeness (QED) is 0.507. The Balaban J connectivity index is 1.92. The van der Waals surface area contributed by atoms with Gasteiger partial charge in [-0.05, 0) is 42.0 Å². The number of halogens is 4. The maximum atomic E-state index is 13.9. The highest BCUT2D eigenvalue weighted by atomic mass is 35.5. The summed E-state index contributed by atoms with van der Waals surface area (Å²) in [5.74, 6) is -2.88. The molecule has 0 aromatic heterocycles. The summed E-state index contributed by atoms with van der Waals surface area (Å²) in [5, 5.41) is 2.66. The van der Waals surface area contributed by atoms with Gasteiger partial charge in [0.15, 0.2) is 0 Å². The molecule has 0 saturated carbocycles. The van der Waals surface area contributed by atoms with Crippen LogP contribution in [0, 0.1) is 11.6 Å². The van der Waals surface area contributed by atoms with Crippen molar-refractivity contribution < 1.29 is 22.0 Å². The lowest BCUT2D eigenvalue weighted by atomic mass is 10.2. The van der Waals surface area contributed by atoms with Crippen molar-refractivity contribution >= 4 is 44.8 Å². The maximum absolute atomic E-state index is 13.9. The Morgan fingerprint density at radius 1 is 0.935 bits per heavy atom. The van der Waals surface area contributed by atoms with Crippen molar-refractivity contribution in [2.75, 3.05) is 11.9 Å². The minimum absolute atomic E-state index is 0.0510. The average Bonchev–Trinajstić information content (AvgIpc) is 2.73. The van der Waals surface area contributed by atoms with Gasteiger partial charge in [-0.15, -0.1) is 0 Å². The van der Waals surface area contributed by atoms with Crippen molar-refractivity contribution in [3.8, 4) is 0 Å². The first-order valence-corrected chi connectivity index (χ1v) is 11.1. The number of benzene rings is 3. The molecule has 0 radical (unpaired) electrons. The third kappa shape index (κ3) is 5.59. The number of rotatable bonds is 7. The van der Waals surface area contributed by atoms with Gasteiger partial charge in [-0.25, -0.2) is 17.2 Å². The number of sulfonamides is 1. The predicted octanol–water partition coefficient (Wildman–Crippen LogP) is 5.10. The van der Waals surface area contributed by atoms with Gasteiger partial charge in [-0.1, -0.05) is 53.5 Å². The monoisotopic (exact) mass is 484 g/mol. The molecule has 3 rings (SSSR count). The van der Waals surface area contributed by atoms with Crippen LogP contribution in [-0.2, 0) is 21.4 Å². The van der Waals surface area contributed by atoms with Crippen molar-refractivity contribution in [3.63, 3.8) is 0 Å². The van der Waals surface area contributed by atoms with Crippen molar-refractivity contribution in [1.29, 1.82) is 0 Å². The number of carbonyl (C=O) groups excluding carboxylic acids is 1. The molecule has 0 heterocycles. The molecule has 0 atom stereocenters. The molecule has 0 aliphatic rings. The molecule has 162 valence electrons. The van der Waals surface area contributed by atoms with E-state index in [0.29, 0.717) is 10.6 Å². The average molecular weight is 485 g/mol. The summed E-state index contributed by atoms with van der Waals surface area (Å²) in [6.07, 6.45) is 0. The van der Waals surface area contributed by atoms with E-state index in [4.69, 9.17) is 23.2 Å². The SMILES string of the molecule is O=C(CN(Cc1ccc(Cl)cc1Cl)S(=O)(=O)c1ccccc1)Nc1c(F)cccc1F. The Bertz CT molecular complexity index is 1190. The first-order valence-electron chi connectivity index (χ1n) is 8.91. The van der Waals surface area contributed by atoms with Crippen LogP contribution in [0.25, 0.3) is 0 Å². The Morgan fingerprint density at radius 2 is 1.58 bits per heavy atom. The molecule has 0 saturated heterocycles. The van der Waals surface area contributed by atoms with Gasteiger partial charge in [-0.2, -0.15) is 4.31 Å². The molecule has 1 N–H and O–H groups in total. The van der Waals surface area contributed by atoms with E-state index in [9.17, 15) is 22.0 Å². The highest BCUT2D eigenvalue weighted by molar-refractivity contribution is 7.89. The lowest BCUT2D eigenvalue weighted by molar-refractivity contribution is -0.116. The number of nitrogens with one attached hydrogen (secondary N) is 1. The van der Waals surface area contributed by atoms with Crippen LogP contribution < -0.4 is 5.32 Å². The molecule has 0 bridgehead atoms. The van der Waals surface area contributed by atoms with E-state index in [1.165, 1.54) is 42.5 Å². The van der Waals surface area contributed by atoms with Crippen LogP contribution in [-0.4, -0.2) is 25.2 Å². The second kappa shape index (κ2) is 9.74. The second-order valence-corrected chi connectivity index (χ2v) is 9.25. The molecule has 3 aromatic rings. The summed E-state index contributed by atoms with van der Waals surface area (Å²) in [6, 6.07) is 15.1. The Hall–Kier alpha value is -2.52. The topological polar surface area (TPSA) is 66.5 Å². The van der Waals surface area contributed by atoms with Gasteiger partial charge in [0.25, 0.3) is 0 Å². The third-order valence-electron chi connectivity index (χ3n) is 4.29. The zero-order valence-corrected chi connectivity index (χ0v) is 18.2. The first kappa shape index (κ1) is 23.1. The normalized spacial score (nSPS) is 11.5. The number of amides is 1. The second-order valence-electron chi connectivity index (χ2n) is 6.47. The van der Waals surface area contributed by atoms with Crippen LogP contribution in [0.3, 0.4) is 0 Å². The molecule has 0 spiro atoms. The van der Waals surface area contributed by atoms with E-state index in [1.807, 2.05) is 0 Å². The summed E-state index contributed by atoms with van der Waals surface area (Å²) < 4.78 is 54.9. The summed E-state index contributed by atoms with van der Waals surface area (Å²) in [6.45, 7) is -0.968. The Labute approximate surface area is 188 Å². The fraction of sp³-hybridized carbons (Fsp3) is 0.0952. The molecular formula is C21H16Cl2F2N2O3S. The largest absolute Gasteiger partial charge is 0.320 e. The van der Waals surface area contributed by atoms with Crippen LogP contribution >= 0.6 is 23.2 Å². The van der Waals surface area contributed by atoms with E-state index >= 15 is 0 Å². The van der Waals surface area contributed by atoms with Crippen molar-refractivity contribution in [2.24, 2.45) is 0 Å². The number of anilines is 1. The van der Waals surface area contributed by atoms with E-state index in [0.717, 1.165) is 22.5 Å². The molecule has 5 nitrogen and oxygen atoms in total. The fourth-order valence-electron chi connectivity index (χ4n) is 2.76. The van der Waals surface area contributed by atoms with Gasteiger partial charge in [0.05, 0.1) is 11.4 Å². The molecule has 0 aliphatic carbocycles. The molecule has 10 heteroatoms. The molecule has 0 unspecified atom stereocenters. The zero-order valence-electron chi connectivity index (χ0n) is 15.9. The van der Waals surface area contributed by atoms with Crippen molar-refractivity contribution in [3.05, 3.63) is 94.0 Å². The number of para-hydroxylation sites is 1. The van der Waals surface area contributed by atoms with Gasteiger partial charge in [0, 0.05) is 16.6 Å². The molecule has 0 fully saturated rings. The van der Waals surface area contributed by atoms with Gasteiger partial charge >= 0.3 is 0 Å². The van der Waals surface area contributed by atoms with Gasteiger partial charge < -0.3 is 5.32 Å². The Morgan fingerprint density at radius 3 is 2.19 bits per heavy atom. The molecule has 3 aromatic carbocycles. The van der Waals surface area contributed by atoms with Crippen LogP contribution in [0.4, 0.5) is 14.5 Å². The highest BCUT2D eigenvalue weighted by Crippen LogP contribution is 2.25. The Kier molecular flexibility index (Phi) is 7.27. The fourth-order valence-corrected chi connectivity index (χ4v) is 4.63. The van der Waals surface area contributed by atoms with E-state index in [-0.39, 0.29) is 16.5 Å². The summed E-state index contributed by atoms with van der Waals surface area (Å²) in [7, 11) is -4.14. The van der Waals surface area contributed by atoms with E-state index < -0.39 is 39.8 Å². The lowest BCUT2D eigenvalue weighted by Crippen LogP contribution is -2.37. The van der Waals surface area contributed by atoms with Crippen LogP contribution in [0.15, 0.2) is 71.6 Å². The lowest BCUT2D eigenvalue weighted by Gasteiger charge is -2.22. The number of hydrogen-bond acceptors (Lipinski definition) is 3. The summed E-state index contributed by atoms with van der Waals surface area (Å²) in [4.78, 5) is 12.5. The van der Waals surface area contributed by atoms with Gasteiger partial charge in [0.1, 0.15) is 17.3 Å². The van der Waals surface area contributed by atoms with Gasteiger partial charge in [0.2, 0.25) is 15.9 Å². The standard InChI is InChI=1S/C21H16Cl2F2N2O3S/c22-15-10-9-14(17(23)11-15)12-27(31(29,30)16-5-2-1-3-6-16)13-20(28)26-21-18(24)7-4-8-19(21)25/h1-11H,12-13H2,(H,26,28).